The molecule has 2 aliphatic carbocycles. The monoisotopic (exact) mass is 534 g/mol. The van der Waals surface area contributed by atoms with Crippen LogP contribution in [0.3, 0.4) is 0 Å². The molecule has 1 aromatic rings. The maximum atomic E-state index is 13.5. The lowest BCUT2D eigenvalue weighted by Crippen LogP contribution is -2.51. The molecule has 1 unspecified atom stereocenters. The Labute approximate surface area is 210 Å². The summed E-state index contributed by atoms with van der Waals surface area (Å²) in [5.41, 5.74) is -0.186. The summed E-state index contributed by atoms with van der Waals surface area (Å²) < 4.78 is 12.1. The normalized spacial score (nSPS) is 29.3. The molecule has 0 bridgehead atoms. The van der Waals surface area contributed by atoms with Crippen molar-refractivity contribution in [3.05, 3.63) is 22.2 Å². The molecule has 2 aliphatic rings. The quantitative estimate of drug-likeness (QED) is 0.529. The molecule has 3 rings (SSSR count). The molecular weight excluding hydrogens is 500 g/mol. The molecule has 2 fully saturated rings. The highest BCUT2D eigenvalue weighted by Gasteiger charge is 2.53. The van der Waals surface area contributed by atoms with E-state index in [1.165, 1.54) is 7.11 Å². The van der Waals surface area contributed by atoms with E-state index in [0.717, 1.165) is 0 Å². The number of rotatable bonds is 6. The number of Topliss-reactive ketones (excluding diaryl/α,β-unsaturated/α-hetero) is 2. The third-order valence-electron chi connectivity index (χ3n) is 7.10. The molecule has 0 aromatic heterocycles. The Morgan fingerprint density at radius 3 is 1.97 bits per heavy atom. The Morgan fingerprint density at radius 2 is 1.56 bits per heavy atom. The number of hydrogen-bond acceptors (Lipinski definition) is 6. The van der Waals surface area contributed by atoms with Gasteiger partial charge in [0.25, 0.3) is 0 Å². The van der Waals surface area contributed by atoms with Crippen molar-refractivity contribution in [1.82, 2.24) is 0 Å². The fraction of sp³-hybridized carbons (Fsp3) is 0.630. The molecule has 2 N–H and O–H groups in total. The van der Waals surface area contributed by atoms with Crippen LogP contribution in [0.4, 0.5) is 0 Å². The standard InChI is InChI=1S/C27H35BrO6/c1-7-8-34-25-16(9-15(28)10-21(25)33-6)22(23-17(29)11-26(2,3)12-18(23)30)24-19(31)13-27(4,5)14-20(24)32/h1,9-10,17,19,22-24,29,31H,8,11-14H2,2-6H3/t17-,19-,22?,23-,24+/m0/s1. The lowest BCUT2D eigenvalue weighted by Gasteiger charge is -2.46. The molecule has 0 amide bonds. The fourth-order valence-electron chi connectivity index (χ4n) is 5.88. The van der Waals surface area contributed by atoms with Crippen LogP contribution in [-0.2, 0) is 9.59 Å². The van der Waals surface area contributed by atoms with E-state index in [1.807, 2.05) is 27.7 Å². The zero-order valence-corrected chi connectivity index (χ0v) is 22.1. The fourth-order valence-corrected chi connectivity index (χ4v) is 6.34. The Morgan fingerprint density at radius 1 is 1.06 bits per heavy atom. The van der Waals surface area contributed by atoms with Crippen LogP contribution in [0.5, 0.6) is 11.5 Å². The van der Waals surface area contributed by atoms with E-state index >= 15 is 0 Å². The molecule has 0 aliphatic heterocycles. The molecule has 2 saturated carbocycles. The molecule has 6 nitrogen and oxygen atoms in total. The van der Waals surface area contributed by atoms with Gasteiger partial charge in [-0.05, 0) is 35.8 Å². The second-order valence-electron chi connectivity index (χ2n) is 11.3. The minimum Gasteiger partial charge on any atom is -0.493 e. The molecule has 7 heteroatoms. The third kappa shape index (κ3) is 5.50. The lowest BCUT2D eigenvalue weighted by atomic mass is 9.58. The zero-order chi connectivity index (χ0) is 25.4. The number of ketones is 2. The van der Waals surface area contributed by atoms with E-state index in [9.17, 15) is 19.8 Å². The van der Waals surface area contributed by atoms with Crippen molar-refractivity contribution < 1.29 is 29.3 Å². The summed E-state index contributed by atoms with van der Waals surface area (Å²) in [6.07, 6.45) is 4.88. The molecule has 0 radical (unpaired) electrons. The van der Waals surface area contributed by atoms with Crippen LogP contribution in [0.1, 0.15) is 64.9 Å². The number of aliphatic hydroxyl groups is 2. The van der Waals surface area contributed by atoms with E-state index in [0.29, 0.717) is 34.4 Å². The average Bonchev–Trinajstić information content (AvgIpc) is 2.68. The van der Waals surface area contributed by atoms with Gasteiger partial charge in [0.15, 0.2) is 11.5 Å². The second kappa shape index (κ2) is 10.0. The van der Waals surface area contributed by atoms with Gasteiger partial charge in [0, 0.05) is 28.8 Å². The van der Waals surface area contributed by atoms with Gasteiger partial charge < -0.3 is 19.7 Å². The van der Waals surface area contributed by atoms with Crippen molar-refractivity contribution in [3.63, 3.8) is 0 Å². The number of methoxy groups -OCH3 is 1. The number of terminal acetylenes is 1. The number of halogens is 1. The van der Waals surface area contributed by atoms with E-state index in [1.54, 1.807) is 12.1 Å². The number of carbonyl (C=O) groups excluding carboxylic acids is 2. The Balaban J connectivity index is 2.23. The van der Waals surface area contributed by atoms with E-state index in [-0.39, 0.29) is 41.8 Å². The summed E-state index contributed by atoms with van der Waals surface area (Å²) in [5, 5.41) is 22.5. The van der Waals surface area contributed by atoms with Crippen LogP contribution >= 0.6 is 15.9 Å². The molecular formula is C27H35BrO6. The highest BCUT2D eigenvalue weighted by atomic mass is 79.9. The third-order valence-corrected chi connectivity index (χ3v) is 7.56. The first-order valence-corrected chi connectivity index (χ1v) is 12.4. The number of benzene rings is 1. The van der Waals surface area contributed by atoms with E-state index < -0.39 is 30.0 Å². The van der Waals surface area contributed by atoms with Gasteiger partial charge in [0.1, 0.15) is 18.2 Å². The molecule has 1 aromatic carbocycles. The summed E-state index contributed by atoms with van der Waals surface area (Å²) in [6, 6.07) is 3.50. The Bertz CT molecular complexity index is 950. The number of aliphatic hydroxyl groups excluding tert-OH is 2. The largest absolute Gasteiger partial charge is 0.493 e. The van der Waals surface area contributed by atoms with Crippen LogP contribution in [0.2, 0.25) is 0 Å². The average molecular weight is 535 g/mol. The van der Waals surface area contributed by atoms with Gasteiger partial charge >= 0.3 is 0 Å². The van der Waals surface area contributed by atoms with Gasteiger partial charge in [-0.1, -0.05) is 49.5 Å². The summed E-state index contributed by atoms with van der Waals surface area (Å²) in [4.78, 5) is 27.0. The first kappa shape index (κ1) is 26.7. The van der Waals surface area contributed by atoms with Gasteiger partial charge in [0.05, 0.1) is 31.2 Å². The first-order chi connectivity index (χ1) is 15.8. The summed E-state index contributed by atoms with van der Waals surface area (Å²) in [5.74, 6) is 0.369. The van der Waals surface area contributed by atoms with Crippen LogP contribution in [0.15, 0.2) is 16.6 Å². The van der Waals surface area contributed by atoms with Gasteiger partial charge in [-0.15, -0.1) is 6.42 Å². The van der Waals surface area contributed by atoms with Crippen molar-refractivity contribution in [2.45, 2.75) is 71.5 Å². The number of hydrogen-bond donors (Lipinski definition) is 2. The maximum Gasteiger partial charge on any atom is 0.166 e. The van der Waals surface area contributed by atoms with Gasteiger partial charge in [0.2, 0.25) is 0 Å². The predicted octanol–water partition coefficient (Wildman–Crippen LogP) is 4.29. The molecule has 5 atom stereocenters. The first-order valence-electron chi connectivity index (χ1n) is 11.7. The van der Waals surface area contributed by atoms with Crippen LogP contribution in [-0.4, -0.2) is 47.7 Å². The zero-order valence-electron chi connectivity index (χ0n) is 20.6. The molecule has 0 heterocycles. The summed E-state index contributed by atoms with van der Waals surface area (Å²) in [7, 11) is 1.50. The summed E-state index contributed by atoms with van der Waals surface area (Å²) >= 11 is 3.50. The second-order valence-corrected chi connectivity index (χ2v) is 12.2. The minimum atomic E-state index is -0.971. The topological polar surface area (TPSA) is 93.1 Å². The van der Waals surface area contributed by atoms with Gasteiger partial charge in [-0.2, -0.15) is 0 Å². The van der Waals surface area contributed by atoms with Crippen molar-refractivity contribution in [2.75, 3.05) is 13.7 Å². The van der Waals surface area contributed by atoms with Gasteiger partial charge in [-0.3, -0.25) is 9.59 Å². The molecule has 0 spiro atoms. The Kier molecular flexibility index (Phi) is 7.86. The highest BCUT2D eigenvalue weighted by Crippen LogP contribution is 2.53. The highest BCUT2D eigenvalue weighted by molar-refractivity contribution is 9.10. The molecule has 186 valence electrons. The molecule has 34 heavy (non-hydrogen) atoms. The van der Waals surface area contributed by atoms with E-state index in [4.69, 9.17) is 15.9 Å². The molecule has 0 saturated heterocycles. The Hall–Kier alpha value is -1.88. The maximum absolute atomic E-state index is 13.5. The van der Waals surface area contributed by atoms with Crippen molar-refractivity contribution >= 4 is 27.5 Å². The minimum absolute atomic E-state index is 0.0416. The van der Waals surface area contributed by atoms with Crippen LogP contribution in [0, 0.1) is 35.0 Å². The lowest BCUT2D eigenvalue weighted by molar-refractivity contribution is -0.144. The van der Waals surface area contributed by atoms with E-state index in [2.05, 4.69) is 21.9 Å². The number of ether oxygens (including phenoxy) is 2. The smallest absolute Gasteiger partial charge is 0.166 e. The van der Waals surface area contributed by atoms with Crippen molar-refractivity contribution in [2.24, 2.45) is 22.7 Å². The number of carbonyl (C=O) groups is 2. The van der Waals surface area contributed by atoms with Gasteiger partial charge in [-0.25, -0.2) is 0 Å². The SMILES string of the molecule is C#CCOc1c(OC)cc(Br)cc1C([C@H]1C(=O)CC(C)(C)C[C@@H]1O)[C@@H]1C(=O)CC(C)(C)C[C@@H]1O. The summed E-state index contributed by atoms with van der Waals surface area (Å²) in [6.45, 7) is 7.76. The predicted molar refractivity (Wildman–Crippen MR) is 133 cm³/mol. The van der Waals surface area contributed by atoms with Crippen LogP contribution < -0.4 is 9.47 Å². The van der Waals surface area contributed by atoms with Crippen LogP contribution in [0.25, 0.3) is 0 Å². The van der Waals surface area contributed by atoms with Crippen molar-refractivity contribution in [3.8, 4) is 23.8 Å². The van der Waals surface area contributed by atoms with Crippen molar-refractivity contribution in [1.29, 1.82) is 0 Å².